The van der Waals surface area contributed by atoms with E-state index in [-0.39, 0.29) is 0 Å². The first-order chi connectivity index (χ1) is 6.57. The number of hydrogen-bond acceptors (Lipinski definition) is 2. The molecule has 14 heavy (non-hydrogen) atoms. The van der Waals surface area contributed by atoms with Crippen LogP contribution in [0.15, 0.2) is 11.6 Å². The van der Waals surface area contributed by atoms with E-state index in [0.717, 1.165) is 19.6 Å². The fourth-order valence-electron chi connectivity index (χ4n) is 1.25. The zero-order valence-corrected chi connectivity index (χ0v) is 10.3. The number of nitrogens with one attached hydrogen (secondary N) is 1. The van der Waals surface area contributed by atoms with Crippen LogP contribution in [-0.4, -0.2) is 26.3 Å². The van der Waals surface area contributed by atoms with E-state index in [9.17, 15) is 0 Å². The monoisotopic (exact) mass is 199 g/mol. The van der Waals surface area contributed by atoms with Gasteiger partial charge in [-0.3, -0.25) is 0 Å². The van der Waals surface area contributed by atoms with E-state index >= 15 is 0 Å². The molecule has 0 aliphatic carbocycles. The number of hydrogen-bond donors (Lipinski definition) is 1. The van der Waals surface area contributed by atoms with Crippen LogP contribution in [0.2, 0.25) is 0 Å². The van der Waals surface area contributed by atoms with Crippen molar-refractivity contribution in [2.45, 2.75) is 40.2 Å². The van der Waals surface area contributed by atoms with E-state index in [1.54, 1.807) is 7.11 Å². The van der Waals surface area contributed by atoms with Gasteiger partial charge in [-0.1, -0.05) is 32.4 Å². The minimum Gasteiger partial charge on any atom is -0.384 e. The average Bonchev–Trinajstić information content (AvgIpc) is 2.12. The molecule has 0 spiro atoms. The molecule has 1 unspecified atom stereocenters. The maximum Gasteiger partial charge on any atom is 0.0524 e. The fourth-order valence-corrected chi connectivity index (χ4v) is 1.25. The van der Waals surface area contributed by atoms with Gasteiger partial charge in [0.05, 0.1) is 6.61 Å². The molecule has 0 radical (unpaired) electrons. The molecule has 0 saturated heterocycles. The minimum atomic E-state index is 0.541. The Morgan fingerprint density at radius 2 is 2.00 bits per heavy atom. The second-order valence-corrected chi connectivity index (χ2v) is 4.20. The fraction of sp³-hybridized carbons (Fsp3) is 0.833. The van der Waals surface area contributed by atoms with E-state index in [1.165, 1.54) is 5.57 Å². The number of rotatable bonds is 7. The molecule has 0 aromatic heterocycles. The van der Waals surface area contributed by atoms with Gasteiger partial charge in [0.25, 0.3) is 0 Å². The lowest BCUT2D eigenvalue weighted by molar-refractivity contribution is 0.172. The molecule has 0 aliphatic heterocycles. The van der Waals surface area contributed by atoms with Gasteiger partial charge in [-0.15, -0.1) is 0 Å². The molecule has 0 heterocycles. The van der Waals surface area contributed by atoms with E-state index in [0.29, 0.717) is 12.0 Å². The van der Waals surface area contributed by atoms with E-state index in [2.05, 4.69) is 39.1 Å². The van der Waals surface area contributed by atoms with E-state index < -0.39 is 0 Å². The molecule has 0 aliphatic rings. The summed E-state index contributed by atoms with van der Waals surface area (Å²) >= 11 is 0. The molecule has 1 atom stereocenters. The second-order valence-electron chi connectivity index (χ2n) is 4.20. The van der Waals surface area contributed by atoms with E-state index in [4.69, 9.17) is 4.74 Å². The van der Waals surface area contributed by atoms with Gasteiger partial charge < -0.3 is 10.1 Å². The first-order valence-electron chi connectivity index (χ1n) is 5.47. The van der Waals surface area contributed by atoms with Crippen LogP contribution in [0.25, 0.3) is 0 Å². The van der Waals surface area contributed by atoms with Crippen LogP contribution in [-0.2, 0) is 4.74 Å². The van der Waals surface area contributed by atoms with Crippen LogP contribution >= 0.6 is 0 Å². The lowest BCUT2D eigenvalue weighted by Gasteiger charge is -2.11. The smallest absolute Gasteiger partial charge is 0.0524 e. The Kier molecular flexibility index (Phi) is 7.81. The lowest BCUT2D eigenvalue weighted by atomic mass is 10.0. The highest BCUT2D eigenvalue weighted by molar-refractivity contribution is 5.02. The van der Waals surface area contributed by atoms with Crippen LogP contribution in [0.5, 0.6) is 0 Å². The Labute approximate surface area is 88.7 Å². The van der Waals surface area contributed by atoms with Crippen molar-refractivity contribution < 1.29 is 4.74 Å². The highest BCUT2D eigenvalue weighted by atomic mass is 16.5. The summed E-state index contributed by atoms with van der Waals surface area (Å²) in [7, 11) is 1.75. The first kappa shape index (κ1) is 13.7. The first-order valence-corrected chi connectivity index (χ1v) is 5.47. The molecule has 0 aromatic carbocycles. The largest absolute Gasteiger partial charge is 0.384 e. The van der Waals surface area contributed by atoms with Crippen molar-refractivity contribution in [3.05, 3.63) is 11.6 Å². The summed E-state index contributed by atoms with van der Waals surface area (Å²) in [6, 6.07) is 0.583. The summed E-state index contributed by atoms with van der Waals surface area (Å²) in [5.41, 5.74) is 1.43. The third-order valence-corrected chi connectivity index (χ3v) is 2.36. The summed E-state index contributed by atoms with van der Waals surface area (Å²) in [6.07, 6.45) is 3.41. The third kappa shape index (κ3) is 7.10. The van der Waals surface area contributed by atoms with Gasteiger partial charge in [0.1, 0.15) is 0 Å². The predicted octanol–water partition coefficient (Wildman–Crippen LogP) is 2.60. The number of methoxy groups -OCH3 is 1. The standard InChI is InChI=1S/C12H25NO/c1-10(2)13-8-6-7-11(3)12(4)9-14-5/h7,10,12-13H,6,8-9H2,1-5H3. The zero-order valence-electron chi connectivity index (χ0n) is 10.3. The molecule has 2 nitrogen and oxygen atoms in total. The number of ether oxygens (including phenoxy) is 1. The Morgan fingerprint density at radius 3 is 2.50 bits per heavy atom. The molecule has 84 valence electrons. The molecule has 0 aromatic rings. The normalized spacial score (nSPS) is 14.9. The van der Waals surface area contributed by atoms with Gasteiger partial charge in [0.15, 0.2) is 0 Å². The lowest BCUT2D eigenvalue weighted by Crippen LogP contribution is -2.23. The minimum absolute atomic E-state index is 0.541. The van der Waals surface area contributed by atoms with Crippen LogP contribution in [0.3, 0.4) is 0 Å². The summed E-state index contributed by atoms with van der Waals surface area (Å²) in [4.78, 5) is 0. The summed E-state index contributed by atoms with van der Waals surface area (Å²) in [5.74, 6) is 0.541. The molecule has 0 bridgehead atoms. The molecule has 1 N–H and O–H groups in total. The van der Waals surface area contributed by atoms with Gasteiger partial charge in [-0.2, -0.15) is 0 Å². The zero-order chi connectivity index (χ0) is 11.0. The van der Waals surface area contributed by atoms with Crippen molar-refractivity contribution in [3.8, 4) is 0 Å². The molecular weight excluding hydrogens is 174 g/mol. The van der Waals surface area contributed by atoms with Crippen LogP contribution in [0, 0.1) is 5.92 Å². The van der Waals surface area contributed by atoms with Gasteiger partial charge in [0, 0.05) is 19.1 Å². The maximum atomic E-state index is 5.11. The van der Waals surface area contributed by atoms with E-state index in [1.807, 2.05) is 0 Å². The molecule has 0 rings (SSSR count). The van der Waals surface area contributed by atoms with Crippen molar-refractivity contribution in [1.82, 2.24) is 5.32 Å². The SMILES string of the molecule is COCC(C)C(C)=CCCNC(C)C. The van der Waals surface area contributed by atoms with Gasteiger partial charge in [-0.25, -0.2) is 0 Å². The Balaban J connectivity index is 3.65. The van der Waals surface area contributed by atoms with Crippen molar-refractivity contribution >= 4 is 0 Å². The van der Waals surface area contributed by atoms with Crippen molar-refractivity contribution in [1.29, 1.82) is 0 Å². The van der Waals surface area contributed by atoms with Crippen LogP contribution in [0.1, 0.15) is 34.1 Å². The molecular formula is C12H25NO. The van der Waals surface area contributed by atoms with Crippen LogP contribution in [0.4, 0.5) is 0 Å². The van der Waals surface area contributed by atoms with Crippen molar-refractivity contribution in [2.75, 3.05) is 20.3 Å². The average molecular weight is 199 g/mol. The Hall–Kier alpha value is -0.340. The molecule has 0 amide bonds. The maximum absolute atomic E-state index is 5.11. The van der Waals surface area contributed by atoms with Gasteiger partial charge in [-0.05, 0) is 19.9 Å². The Bertz CT molecular complexity index is 164. The summed E-state index contributed by atoms with van der Waals surface area (Å²) < 4.78 is 5.11. The van der Waals surface area contributed by atoms with Crippen molar-refractivity contribution in [2.24, 2.45) is 5.92 Å². The topological polar surface area (TPSA) is 21.3 Å². The third-order valence-electron chi connectivity index (χ3n) is 2.36. The Morgan fingerprint density at radius 1 is 1.36 bits per heavy atom. The van der Waals surface area contributed by atoms with Crippen molar-refractivity contribution in [3.63, 3.8) is 0 Å². The molecule has 0 saturated carbocycles. The molecule has 2 heteroatoms. The highest BCUT2D eigenvalue weighted by Gasteiger charge is 2.02. The molecule has 0 fully saturated rings. The quantitative estimate of drug-likeness (QED) is 0.502. The second kappa shape index (κ2) is 8.01. The van der Waals surface area contributed by atoms with Gasteiger partial charge >= 0.3 is 0 Å². The summed E-state index contributed by atoms with van der Waals surface area (Å²) in [6.45, 7) is 10.6. The van der Waals surface area contributed by atoms with Crippen LogP contribution < -0.4 is 5.32 Å². The summed E-state index contributed by atoms with van der Waals surface area (Å²) in [5, 5.41) is 3.40. The predicted molar refractivity (Wildman–Crippen MR) is 62.6 cm³/mol. The highest BCUT2D eigenvalue weighted by Crippen LogP contribution is 2.10. The van der Waals surface area contributed by atoms with Gasteiger partial charge in [0.2, 0.25) is 0 Å².